The van der Waals surface area contributed by atoms with Crippen LogP contribution in [0.4, 0.5) is 0 Å². The summed E-state index contributed by atoms with van der Waals surface area (Å²) < 4.78 is 5.60. The van der Waals surface area contributed by atoms with Gasteiger partial charge in [-0.05, 0) is 12.1 Å². The number of aromatic nitrogens is 1. The second kappa shape index (κ2) is 10.3. The second-order valence-corrected chi connectivity index (χ2v) is 9.17. The lowest BCUT2D eigenvalue weighted by Crippen LogP contribution is -2.66. The van der Waals surface area contributed by atoms with Crippen molar-refractivity contribution in [2.45, 2.75) is 28.8 Å². The summed E-state index contributed by atoms with van der Waals surface area (Å²) in [4.78, 5) is 4.57. The van der Waals surface area contributed by atoms with E-state index in [0.717, 1.165) is 16.8 Å². The van der Waals surface area contributed by atoms with Crippen molar-refractivity contribution in [3.8, 4) is 6.07 Å². The van der Waals surface area contributed by atoms with Gasteiger partial charge in [0.05, 0.1) is 27.9 Å². The van der Waals surface area contributed by atoms with Crippen LogP contribution in [0.3, 0.4) is 0 Å². The lowest BCUT2D eigenvalue weighted by Gasteiger charge is -2.46. The van der Waals surface area contributed by atoms with Crippen LogP contribution in [0.5, 0.6) is 0 Å². The average Bonchev–Trinajstić information content (AvgIpc) is 3.25. The van der Waals surface area contributed by atoms with Gasteiger partial charge in [-0.1, -0.05) is 35.0 Å². The van der Waals surface area contributed by atoms with E-state index in [1.807, 2.05) is 6.07 Å². The van der Waals surface area contributed by atoms with Crippen LogP contribution in [0, 0.1) is 11.3 Å². The van der Waals surface area contributed by atoms with Gasteiger partial charge in [-0.25, -0.2) is 10.8 Å². The van der Waals surface area contributed by atoms with E-state index < -0.39 is 30.5 Å². The molecule has 166 valence electrons. The molecule has 1 aromatic carbocycles. The van der Waals surface area contributed by atoms with Gasteiger partial charge in [0.15, 0.2) is 12.4 Å². The average molecular weight is 505 g/mol. The number of nitriles is 1. The highest BCUT2D eigenvalue weighted by Gasteiger charge is 2.45. The Kier molecular flexibility index (Phi) is 8.00. The monoisotopic (exact) mass is 504 g/mol. The van der Waals surface area contributed by atoms with Crippen LogP contribution in [0.15, 0.2) is 34.8 Å². The zero-order valence-corrected chi connectivity index (χ0v) is 18.8. The number of hydroxylamine groups is 2. The van der Waals surface area contributed by atoms with Gasteiger partial charge in [0, 0.05) is 22.7 Å². The zero-order valence-electron chi connectivity index (χ0n) is 15.7. The van der Waals surface area contributed by atoms with Gasteiger partial charge in [0.1, 0.15) is 22.6 Å². The molecule has 0 saturated carbocycles. The molecule has 2 aromatic rings. The molecule has 0 bridgehead atoms. The molecule has 14 heteroatoms. The van der Waals surface area contributed by atoms with Gasteiger partial charge in [0.25, 0.3) is 0 Å². The van der Waals surface area contributed by atoms with Crippen LogP contribution in [0.2, 0.25) is 10.0 Å². The van der Waals surface area contributed by atoms with Crippen molar-refractivity contribution in [1.29, 1.82) is 5.26 Å². The van der Waals surface area contributed by atoms with E-state index in [9.17, 15) is 15.4 Å². The summed E-state index contributed by atoms with van der Waals surface area (Å²) in [7, 11) is 0. The number of hydrogen-bond donors (Lipinski definition) is 5. The summed E-state index contributed by atoms with van der Waals surface area (Å²) >= 11 is 14.5. The third kappa shape index (κ3) is 5.24. The molecule has 1 aliphatic rings. The fraction of sp³-hybridized carbons (Fsp3) is 0.294. The molecule has 3 rings (SSSR count). The van der Waals surface area contributed by atoms with Gasteiger partial charge < -0.3 is 25.9 Å². The number of aliphatic hydroxyl groups is 2. The highest BCUT2D eigenvalue weighted by atomic mass is 35.5. The summed E-state index contributed by atoms with van der Waals surface area (Å²) in [6.07, 6.45) is -0.878. The predicted molar refractivity (Wildman–Crippen MR) is 117 cm³/mol. The first-order valence-electron chi connectivity index (χ1n) is 8.64. The van der Waals surface area contributed by atoms with E-state index >= 15 is 0 Å². The van der Waals surface area contributed by atoms with E-state index in [4.69, 9.17) is 44.8 Å². The third-order valence-electron chi connectivity index (χ3n) is 4.25. The maximum atomic E-state index is 10.9. The van der Waals surface area contributed by atoms with Crippen molar-refractivity contribution in [2.75, 3.05) is 6.61 Å². The Bertz CT molecular complexity index is 966. The third-order valence-corrected chi connectivity index (χ3v) is 6.80. The number of aliphatic hydroxyl groups excluding tert-OH is 2. The minimum absolute atomic E-state index is 0.126. The molecule has 4 unspecified atom stereocenters. The fourth-order valence-corrected chi connectivity index (χ4v) is 5.19. The number of ether oxygens (including phenoxy) is 1. The number of thioether (sulfide) groups is 1. The van der Waals surface area contributed by atoms with Crippen molar-refractivity contribution in [1.82, 2.24) is 15.1 Å². The number of nitrogens with zero attached hydrogens (tertiary/aromatic N) is 4. The molecule has 10 nitrogen and oxygen atoms in total. The van der Waals surface area contributed by atoms with Crippen LogP contribution in [0.25, 0.3) is 5.70 Å². The van der Waals surface area contributed by atoms with Crippen LogP contribution >= 0.6 is 46.3 Å². The molecular formula is C17H18Cl2N6O4S2. The van der Waals surface area contributed by atoms with Gasteiger partial charge in [-0.2, -0.15) is 5.26 Å². The summed E-state index contributed by atoms with van der Waals surface area (Å²) in [6, 6.07) is 4.91. The molecule has 1 aromatic heterocycles. The Morgan fingerprint density at radius 3 is 2.68 bits per heavy atom. The first-order chi connectivity index (χ1) is 14.8. The number of halogens is 2. The predicted octanol–water partition coefficient (Wildman–Crippen LogP) is 1.60. The van der Waals surface area contributed by atoms with E-state index in [1.165, 1.54) is 29.7 Å². The van der Waals surface area contributed by atoms with Crippen molar-refractivity contribution in [2.24, 2.45) is 11.6 Å². The molecule has 31 heavy (non-hydrogen) atoms. The molecule has 0 spiro atoms. The molecule has 1 saturated heterocycles. The van der Waals surface area contributed by atoms with Crippen molar-refractivity contribution in [3.05, 3.63) is 50.5 Å². The van der Waals surface area contributed by atoms with Crippen LogP contribution in [-0.4, -0.2) is 61.0 Å². The summed E-state index contributed by atoms with van der Waals surface area (Å²) in [5, 5.41) is 44.2. The molecule has 1 fully saturated rings. The molecule has 0 amide bonds. The number of benzene rings is 1. The maximum absolute atomic E-state index is 10.9. The van der Waals surface area contributed by atoms with E-state index in [1.54, 1.807) is 11.6 Å². The van der Waals surface area contributed by atoms with E-state index in [0.29, 0.717) is 15.0 Å². The van der Waals surface area contributed by atoms with Gasteiger partial charge in [0.2, 0.25) is 0 Å². The normalized spacial score (nSPS) is 24.7. The lowest BCUT2D eigenvalue weighted by molar-refractivity contribution is -0.329. The number of hydrazine groups is 1. The fourth-order valence-electron chi connectivity index (χ4n) is 2.82. The van der Waals surface area contributed by atoms with E-state index in [-0.39, 0.29) is 21.3 Å². The zero-order chi connectivity index (χ0) is 22.7. The molecule has 4 atom stereocenters. The number of nitrogens with two attached hydrogens (primary N) is 2. The highest BCUT2D eigenvalue weighted by Crippen LogP contribution is 2.37. The Labute approximate surface area is 195 Å². The van der Waals surface area contributed by atoms with Crippen molar-refractivity contribution >= 4 is 52.0 Å². The molecular weight excluding hydrogens is 487 g/mol. The molecule has 0 aliphatic carbocycles. The smallest absolute Gasteiger partial charge is 0.159 e. The summed E-state index contributed by atoms with van der Waals surface area (Å²) in [5.41, 5.74) is 5.36. The topological polar surface area (TPSA) is 165 Å². The largest absolute Gasteiger partial charge is 0.395 e. The van der Waals surface area contributed by atoms with Crippen LogP contribution < -0.4 is 11.6 Å². The maximum Gasteiger partial charge on any atom is 0.159 e. The molecule has 2 heterocycles. The van der Waals surface area contributed by atoms with Gasteiger partial charge in [-0.15, -0.1) is 16.4 Å². The highest BCUT2D eigenvalue weighted by molar-refractivity contribution is 7.99. The Balaban J connectivity index is 1.86. The number of hydrogen-bond acceptors (Lipinski definition) is 12. The van der Waals surface area contributed by atoms with Crippen LogP contribution in [0.1, 0.15) is 10.6 Å². The van der Waals surface area contributed by atoms with Gasteiger partial charge in [-0.3, -0.25) is 5.01 Å². The number of rotatable bonds is 6. The molecule has 1 aliphatic heterocycles. The first-order valence-corrected chi connectivity index (χ1v) is 11.2. The van der Waals surface area contributed by atoms with Crippen molar-refractivity contribution in [3.63, 3.8) is 0 Å². The van der Waals surface area contributed by atoms with Crippen LogP contribution in [-0.2, 0) is 4.74 Å². The number of thiazole rings is 1. The lowest BCUT2D eigenvalue weighted by atomic mass is 10.2. The SMILES string of the molecule is N#Cc1c(Cl)cc(SC2OC(CO)N(O)C(N(N)/C=C(\N)c3nccs3)C2O)cc1Cl. The minimum Gasteiger partial charge on any atom is -0.395 e. The minimum atomic E-state index is -1.36. The second-order valence-electron chi connectivity index (χ2n) is 6.29. The Hall–Kier alpha value is -1.63. The molecule has 7 N–H and O–H groups in total. The standard InChI is InChI=1S/C17H18Cl2N6O4S2/c18-10-3-8(4-11(19)9(10)5-20)31-17-14(27)16(25(28)13(7-26)29-17)24(22)6-12(21)15-23-1-2-30-15/h1-4,6,13-14,16-17,26-28H,7,21-22H2/b12-6-. The summed E-state index contributed by atoms with van der Waals surface area (Å²) in [5.74, 6) is 6.06. The Morgan fingerprint density at radius 1 is 1.45 bits per heavy atom. The van der Waals surface area contributed by atoms with Crippen molar-refractivity contribution < 1.29 is 20.2 Å². The quantitative estimate of drug-likeness (QED) is 0.286. The van der Waals surface area contributed by atoms with Gasteiger partial charge >= 0.3 is 0 Å². The Morgan fingerprint density at radius 2 is 2.13 bits per heavy atom. The molecule has 0 radical (unpaired) electrons. The van der Waals surface area contributed by atoms with E-state index in [2.05, 4.69) is 4.98 Å². The summed E-state index contributed by atoms with van der Waals surface area (Å²) in [6.45, 7) is -0.578. The first kappa shape index (κ1) is 24.0.